The summed E-state index contributed by atoms with van der Waals surface area (Å²) in [6.45, 7) is 0.298. The zero-order valence-corrected chi connectivity index (χ0v) is 16.2. The van der Waals surface area contributed by atoms with Gasteiger partial charge >= 0.3 is 0 Å². The number of rotatable bonds is 9. The molecule has 1 aliphatic heterocycles. The molecule has 1 amide bonds. The summed E-state index contributed by atoms with van der Waals surface area (Å²) in [5.74, 6) is 0.195. The maximum atomic E-state index is 12.4. The Balaban J connectivity index is 1.46. The lowest BCUT2D eigenvalue weighted by Gasteiger charge is -2.36. The van der Waals surface area contributed by atoms with Gasteiger partial charge in [0.05, 0.1) is 30.6 Å². The van der Waals surface area contributed by atoms with E-state index in [1.807, 2.05) is 6.07 Å². The predicted octanol–water partition coefficient (Wildman–Crippen LogP) is 0.931. The van der Waals surface area contributed by atoms with Crippen LogP contribution in [0.1, 0.15) is 37.7 Å². The summed E-state index contributed by atoms with van der Waals surface area (Å²) in [6, 6.07) is 8.54. The Morgan fingerprint density at radius 1 is 1.15 bits per heavy atom. The first kappa shape index (κ1) is 20.3. The van der Waals surface area contributed by atoms with E-state index in [9.17, 15) is 18.3 Å². The van der Waals surface area contributed by atoms with E-state index in [0.29, 0.717) is 31.4 Å². The number of benzene rings is 1. The Kier molecular flexibility index (Phi) is 6.86. The summed E-state index contributed by atoms with van der Waals surface area (Å²) < 4.78 is 33.4. The topological polar surface area (TPSA) is 105 Å². The first-order valence-corrected chi connectivity index (χ1v) is 11.2. The third-order valence-corrected chi connectivity index (χ3v) is 6.41. The first-order valence-electron chi connectivity index (χ1n) is 9.55. The zero-order valence-electron chi connectivity index (χ0n) is 15.3. The molecule has 0 bridgehead atoms. The van der Waals surface area contributed by atoms with Crippen LogP contribution in [0, 0.1) is 5.92 Å². The van der Waals surface area contributed by atoms with Crippen molar-refractivity contribution in [1.82, 2.24) is 10.0 Å². The third-order valence-electron chi connectivity index (χ3n) is 5.04. The van der Waals surface area contributed by atoms with E-state index in [-0.39, 0.29) is 30.3 Å². The van der Waals surface area contributed by atoms with Crippen molar-refractivity contribution in [3.05, 3.63) is 35.9 Å². The highest BCUT2D eigenvalue weighted by atomic mass is 32.2. The zero-order chi connectivity index (χ0) is 19.3. The number of nitrogens with one attached hydrogen (secondary N) is 2. The average Bonchev–Trinajstić information content (AvgIpc) is 3.48. The van der Waals surface area contributed by atoms with Gasteiger partial charge in [0.1, 0.15) is 0 Å². The van der Waals surface area contributed by atoms with E-state index in [4.69, 9.17) is 4.74 Å². The number of hydrogen-bond donors (Lipinski definition) is 3. The molecule has 1 aliphatic carbocycles. The molecule has 2 aliphatic rings. The predicted molar refractivity (Wildman–Crippen MR) is 101 cm³/mol. The van der Waals surface area contributed by atoms with Crippen LogP contribution in [0.5, 0.6) is 0 Å². The van der Waals surface area contributed by atoms with E-state index < -0.39 is 22.2 Å². The molecule has 3 atom stereocenters. The van der Waals surface area contributed by atoms with Crippen molar-refractivity contribution in [3.8, 4) is 0 Å². The van der Waals surface area contributed by atoms with Gasteiger partial charge in [0.2, 0.25) is 15.9 Å². The van der Waals surface area contributed by atoms with Crippen molar-refractivity contribution < 1.29 is 23.1 Å². The van der Waals surface area contributed by atoms with Gasteiger partial charge < -0.3 is 15.2 Å². The molecule has 1 aromatic rings. The molecule has 1 saturated heterocycles. The molecule has 1 saturated carbocycles. The van der Waals surface area contributed by atoms with Crippen molar-refractivity contribution in [1.29, 1.82) is 0 Å². The molecule has 3 rings (SSSR count). The average molecular weight is 397 g/mol. The summed E-state index contributed by atoms with van der Waals surface area (Å²) in [5, 5.41) is 12.5. The Morgan fingerprint density at radius 2 is 1.89 bits per heavy atom. The molecule has 1 aromatic carbocycles. The third kappa shape index (κ3) is 6.27. The molecule has 150 valence electrons. The Hall–Kier alpha value is -1.48. The molecule has 0 spiro atoms. The van der Waals surface area contributed by atoms with E-state index in [2.05, 4.69) is 10.0 Å². The first-order chi connectivity index (χ1) is 13.0. The van der Waals surface area contributed by atoms with E-state index in [1.165, 1.54) is 0 Å². The van der Waals surface area contributed by atoms with E-state index >= 15 is 0 Å². The maximum absolute atomic E-state index is 12.4. The highest BCUT2D eigenvalue weighted by molar-refractivity contribution is 7.88. The molecular formula is C19H28N2O5S. The van der Waals surface area contributed by atoms with E-state index in [0.717, 1.165) is 12.8 Å². The molecule has 0 unspecified atom stereocenters. The second-order valence-electron chi connectivity index (χ2n) is 7.38. The second kappa shape index (κ2) is 9.14. The maximum Gasteiger partial charge on any atom is 0.223 e. The van der Waals surface area contributed by atoms with Crippen LogP contribution >= 0.6 is 0 Å². The molecule has 0 aromatic heterocycles. The Morgan fingerprint density at radius 3 is 2.56 bits per heavy atom. The van der Waals surface area contributed by atoms with Crippen LogP contribution in [-0.2, 0) is 25.3 Å². The van der Waals surface area contributed by atoms with Gasteiger partial charge in [0, 0.05) is 12.5 Å². The summed E-state index contributed by atoms with van der Waals surface area (Å²) in [7, 11) is -3.52. The van der Waals surface area contributed by atoms with Crippen LogP contribution in [0.3, 0.4) is 0 Å². The minimum Gasteiger partial charge on any atom is -0.394 e. The highest BCUT2D eigenvalue weighted by Crippen LogP contribution is 2.29. The molecular weight excluding hydrogens is 368 g/mol. The van der Waals surface area contributed by atoms with Crippen LogP contribution in [0.4, 0.5) is 0 Å². The van der Waals surface area contributed by atoms with Crippen LogP contribution in [0.25, 0.3) is 0 Å². The second-order valence-corrected chi connectivity index (χ2v) is 9.13. The number of sulfonamides is 1. The van der Waals surface area contributed by atoms with Gasteiger partial charge in [0.15, 0.2) is 0 Å². The van der Waals surface area contributed by atoms with Gasteiger partial charge in [-0.25, -0.2) is 13.1 Å². The monoisotopic (exact) mass is 396 g/mol. The minimum absolute atomic E-state index is 0.0865. The van der Waals surface area contributed by atoms with Gasteiger partial charge in [0.25, 0.3) is 0 Å². The Labute approximate surface area is 160 Å². The molecule has 27 heavy (non-hydrogen) atoms. The number of hydrogen-bond acceptors (Lipinski definition) is 5. The van der Waals surface area contributed by atoms with Gasteiger partial charge in [-0.05, 0) is 37.7 Å². The number of carbonyl (C=O) groups is 1. The molecule has 8 heteroatoms. The fourth-order valence-electron chi connectivity index (χ4n) is 3.39. The van der Waals surface area contributed by atoms with Gasteiger partial charge in [-0.2, -0.15) is 0 Å². The number of carbonyl (C=O) groups excluding carboxylic acids is 1. The number of amides is 1. The number of aliphatic hydroxyl groups is 1. The molecule has 1 heterocycles. The standard InChI is InChI=1S/C19H28N2O5S/c22-12-18-17(21-27(24,25)13-14-4-2-1-3-5-14)9-8-16(26-18)10-11-20-19(23)15-6-7-15/h1-5,15-18,21-22H,6-13H2,(H,20,23)/t16-,17+,18-/m1/s1. The minimum atomic E-state index is -3.52. The summed E-state index contributed by atoms with van der Waals surface area (Å²) in [6.07, 6.45) is 3.24. The fraction of sp³-hybridized carbons (Fsp3) is 0.632. The van der Waals surface area contributed by atoms with Crippen LogP contribution < -0.4 is 10.0 Å². The molecule has 3 N–H and O–H groups in total. The Bertz CT molecular complexity index is 721. The number of aliphatic hydroxyl groups excluding tert-OH is 1. The van der Waals surface area contributed by atoms with Crippen LogP contribution in [-0.4, -0.2) is 50.8 Å². The highest BCUT2D eigenvalue weighted by Gasteiger charge is 2.34. The lowest BCUT2D eigenvalue weighted by molar-refractivity contribution is -0.122. The summed E-state index contributed by atoms with van der Waals surface area (Å²) in [5.41, 5.74) is 0.714. The molecule has 7 nitrogen and oxygen atoms in total. The van der Waals surface area contributed by atoms with Gasteiger partial charge in [-0.3, -0.25) is 4.79 Å². The quantitative estimate of drug-likeness (QED) is 0.576. The summed E-state index contributed by atoms with van der Waals surface area (Å²) >= 11 is 0. The smallest absolute Gasteiger partial charge is 0.223 e. The van der Waals surface area contributed by atoms with Gasteiger partial charge in [-0.1, -0.05) is 30.3 Å². The van der Waals surface area contributed by atoms with Crippen LogP contribution in [0.15, 0.2) is 30.3 Å². The lowest BCUT2D eigenvalue weighted by Crippen LogP contribution is -2.51. The molecule has 2 fully saturated rings. The van der Waals surface area contributed by atoms with Gasteiger partial charge in [-0.15, -0.1) is 0 Å². The van der Waals surface area contributed by atoms with Crippen molar-refractivity contribution in [2.75, 3.05) is 13.2 Å². The SMILES string of the molecule is O=C(NCC[C@H]1CC[C@H](NS(=O)(=O)Cc2ccccc2)[C@@H](CO)O1)C1CC1. The largest absolute Gasteiger partial charge is 0.394 e. The van der Waals surface area contributed by atoms with Crippen molar-refractivity contribution in [3.63, 3.8) is 0 Å². The van der Waals surface area contributed by atoms with Crippen molar-refractivity contribution >= 4 is 15.9 Å². The normalized spacial score (nSPS) is 25.9. The van der Waals surface area contributed by atoms with Crippen molar-refractivity contribution in [2.24, 2.45) is 5.92 Å². The van der Waals surface area contributed by atoms with Crippen molar-refractivity contribution in [2.45, 2.75) is 56.1 Å². The number of ether oxygens (including phenoxy) is 1. The summed E-state index contributed by atoms with van der Waals surface area (Å²) in [4.78, 5) is 11.7. The fourth-order valence-corrected chi connectivity index (χ4v) is 4.84. The molecule has 0 radical (unpaired) electrons. The van der Waals surface area contributed by atoms with E-state index in [1.54, 1.807) is 24.3 Å². The lowest BCUT2D eigenvalue weighted by atomic mass is 9.98. The van der Waals surface area contributed by atoms with Crippen LogP contribution in [0.2, 0.25) is 0 Å².